The highest BCUT2D eigenvalue weighted by Crippen LogP contribution is 2.23. The van der Waals surface area contributed by atoms with E-state index in [1.807, 2.05) is 0 Å². The van der Waals surface area contributed by atoms with E-state index >= 15 is 0 Å². The number of halogens is 1. The fourth-order valence-corrected chi connectivity index (χ4v) is 2.41. The lowest BCUT2D eigenvalue weighted by molar-refractivity contribution is 0.545. The fourth-order valence-electron chi connectivity index (χ4n) is 2.41. The van der Waals surface area contributed by atoms with Crippen LogP contribution in [0, 0.1) is 5.82 Å². The summed E-state index contributed by atoms with van der Waals surface area (Å²) in [6, 6.07) is 6.13. The van der Waals surface area contributed by atoms with Crippen molar-refractivity contribution in [3.05, 3.63) is 48.4 Å². The van der Waals surface area contributed by atoms with Gasteiger partial charge in [0.1, 0.15) is 12.1 Å². The average Bonchev–Trinajstić information content (AvgIpc) is 3.10. The third-order valence-electron chi connectivity index (χ3n) is 3.65. The largest absolute Gasteiger partial charge is 0.216 e. The molecule has 7 heteroatoms. The first-order valence-electron chi connectivity index (χ1n) is 7.29. The first-order valence-corrected chi connectivity index (χ1v) is 7.29. The standard InChI is InChI=1S/C16H15FN6/c1-16(2,3)15-20-14-12-8-19-23(11-6-4-10(17)5-7-11)13(12)18-9-22(14)21-15/h4-9H,1-3H3. The molecule has 0 radical (unpaired) electrons. The fraction of sp³-hybridized carbons (Fsp3) is 0.250. The monoisotopic (exact) mass is 310 g/mol. The number of fused-ring (bicyclic) bond motifs is 3. The van der Waals surface area contributed by atoms with Crippen molar-refractivity contribution in [2.75, 3.05) is 0 Å². The molecule has 0 saturated heterocycles. The quantitative estimate of drug-likeness (QED) is 0.542. The topological polar surface area (TPSA) is 60.9 Å². The molecule has 0 N–H and O–H groups in total. The zero-order chi connectivity index (χ0) is 16.2. The molecule has 6 nitrogen and oxygen atoms in total. The van der Waals surface area contributed by atoms with Crippen LogP contribution in [0.5, 0.6) is 0 Å². The van der Waals surface area contributed by atoms with Gasteiger partial charge >= 0.3 is 0 Å². The molecule has 0 unspecified atom stereocenters. The van der Waals surface area contributed by atoms with E-state index in [0.29, 0.717) is 11.3 Å². The van der Waals surface area contributed by atoms with Gasteiger partial charge in [-0.1, -0.05) is 20.8 Å². The minimum atomic E-state index is -0.284. The highest BCUT2D eigenvalue weighted by atomic mass is 19.1. The van der Waals surface area contributed by atoms with Gasteiger partial charge in [0.2, 0.25) is 0 Å². The Morgan fingerprint density at radius 2 is 1.78 bits per heavy atom. The van der Waals surface area contributed by atoms with Crippen LogP contribution in [-0.4, -0.2) is 29.4 Å². The Morgan fingerprint density at radius 1 is 1.04 bits per heavy atom. The van der Waals surface area contributed by atoms with Gasteiger partial charge < -0.3 is 0 Å². The first-order chi connectivity index (χ1) is 10.9. The summed E-state index contributed by atoms with van der Waals surface area (Å²) in [7, 11) is 0. The van der Waals surface area contributed by atoms with Gasteiger partial charge in [0.25, 0.3) is 0 Å². The van der Waals surface area contributed by atoms with Crippen molar-refractivity contribution in [2.45, 2.75) is 26.2 Å². The molecule has 116 valence electrons. The molecule has 4 rings (SSSR count). The molecular formula is C16H15FN6. The summed E-state index contributed by atoms with van der Waals surface area (Å²) < 4.78 is 16.4. The van der Waals surface area contributed by atoms with Gasteiger partial charge in [0, 0.05) is 5.41 Å². The highest BCUT2D eigenvalue weighted by molar-refractivity contribution is 5.89. The van der Waals surface area contributed by atoms with Gasteiger partial charge in [-0.3, -0.25) is 0 Å². The van der Waals surface area contributed by atoms with Crippen LogP contribution in [0.1, 0.15) is 26.6 Å². The zero-order valence-corrected chi connectivity index (χ0v) is 13.0. The normalized spacial score (nSPS) is 12.3. The van der Waals surface area contributed by atoms with Crippen molar-refractivity contribution in [3.63, 3.8) is 0 Å². The van der Waals surface area contributed by atoms with E-state index in [2.05, 4.69) is 40.9 Å². The van der Waals surface area contributed by atoms with E-state index in [1.165, 1.54) is 12.1 Å². The smallest absolute Gasteiger partial charge is 0.170 e. The Kier molecular flexibility index (Phi) is 2.75. The molecule has 0 spiro atoms. The van der Waals surface area contributed by atoms with Gasteiger partial charge in [-0.2, -0.15) is 5.10 Å². The number of aromatic nitrogens is 6. The second-order valence-corrected chi connectivity index (χ2v) is 6.47. The lowest BCUT2D eigenvalue weighted by Crippen LogP contribution is -2.13. The highest BCUT2D eigenvalue weighted by Gasteiger charge is 2.21. The maximum atomic E-state index is 13.1. The van der Waals surface area contributed by atoms with Gasteiger partial charge in [-0.15, -0.1) is 5.10 Å². The summed E-state index contributed by atoms with van der Waals surface area (Å²) in [6.45, 7) is 6.19. The molecule has 0 saturated carbocycles. The maximum Gasteiger partial charge on any atom is 0.170 e. The molecule has 0 aliphatic heterocycles. The van der Waals surface area contributed by atoms with Crippen LogP contribution in [0.2, 0.25) is 0 Å². The van der Waals surface area contributed by atoms with Gasteiger partial charge in [-0.05, 0) is 24.3 Å². The van der Waals surface area contributed by atoms with Crippen molar-refractivity contribution in [1.82, 2.24) is 29.4 Å². The molecule has 3 aromatic heterocycles. The Bertz CT molecular complexity index is 1010. The van der Waals surface area contributed by atoms with E-state index in [0.717, 1.165) is 16.9 Å². The molecule has 0 fully saturated rings. The molecule has 1 aromatic carbocycles. The Hall–Kier alpha value is -2.83. The number of benzene rings is 1. The minimum Gasteiger partial charge on any atom is -0.216 e. The third-order valence-corrected chi connectivity index (χ3v) is 3.65. The average molecular weight is 310 g/mol. The van der Waals surface area contributed by atoms with Crippen LogP contribution < -0.4 is 0 Å². The predicted molar refractivity (Wildman–Crippen MR) is 84.1 cm³/mol. The SMILES string of the molecule is CC(C)(C)c1nc2c3cnn(-c4ccc(F)cc4)c3ncn2n1. The molecule has 0 amide bonds. The van der Waals surface area contributed by atoms with Gasteiger partial charge in [0.05, 0.1) is 17.3 Å². The first kappa shape index (κ1) is 13.8. The van der Waals surface area contributed by atoms with Crippen LogP contribution in [-0.2, 0) is 5.41 Å². The Balaban J connectivity index is 1.95. The molecule has 0 aliphatic rings. The summed E-state index contributed by atoms with van der Waals surface area (Å²) in [5.41, 5.74) is 1.98. The summed E-state index contributed by atoms with van der Waals surface area (Å²) in [5, 5.41) is 9.66. The molecule has 23 heavy (non-hydrogen) atoms. The van der Waals surface area contributed by atoms with Crippen LogP contribution in [0.15, 0.2) is 36.8 Å². The Morgan fingerprint density at radius 3 is 2.48 bits per heavy atom. The summed E-state index contributed by atoms with van der Waals surface area (Å²) >= 11 is 0. The number of hydrogen-bond donors (Lipinski definition) is 0. The van der Waals surface area contributed by atoms with Crippen LogP contribution in [0.4, 0.5) is 4.39 Å². The van der Waals surface area contributed by atoms with Crippen LogP contribution >= 0.6 is 0 Å². The lowest BCUT2D eigenvalue weighted by Gasteiger charge is -2.11. The van der Waals surface area contributed by atoms with Crippen molar-refractivity contribution in [3.8, 4) is 5.69 Å². The van der Waals surface area contributed by atoms with Crippen molar-refractivity contribution >= 4 is 16.7 Å². The summed E-state index contributed by atoms with van der Waals surface area (Å²) in [5.74, 6) is 0.467. The molecule has 4 aromatic rings. The second kappa shape index (κ2) is 4.58. The zero-order valence-electron chi connectivity index (χ0n) is 13.0. The van der Waals surface area contributed by atoms with E-state index in [1.54, 1.807) is 33.9 Å². The van der Waals surface area contributed by atoms with Gasteiger partial charge in [-0.25, -0.2) is 23.6 Å². The van der Waals surface area contributed by atoms with Crippen LogP contribution in [0.25, 0.3) is 22.4 Å². The molecule has 0 bridgehead atoms. The van der Waals surface area contributed by atoms with Crippen molar-refractivity contribution < 1.29 is 4.39 Å². The van der Waals surface area contributed by atoms with Crippen LogP contribution in [0.3, 0.4) is 0 Å². The molecule has 0 atom stereocenters. The predicted octanol–water partition coefficient (Wildman–Crippen LogP) is 2.90. The van der Waals surface area contributed by atoms with E-state index in [4.69, 9.17) is 0 Å². The molecule has 3 heterocycles. The van der Waals surface area contributed by atoms with E-state index in [9.17, 15) is 4.39 Å². The number of rotatable bonds is 1. The summed E-state index contributed by atoms with van der Waals surface area (Å²) in [4.78, 5) is 9.06. The molecule has 0 aliphatic carbocycles. The molecular weight excluding hydrogens is 295 g/mol. The van der Waals surface area contributed by atoms with Crippen molar-refractivity contribution in [2.24, 2.45) is 0 Å². The number of hydrogen-bond acceptors (Lipinski definition) is 4. The Labute approximate surface area is 131 Å². The lowest BCUT2D eigenvalue weighted by atomic mass is 9.96. The third kappa shape index (κ3) is 2.16. The van der Waals surface area contributed by atoms with E-state index < -0.39 is 0 Å². The summed E-state index contributed by atoms with van der Waals surface area (Å²) in [6.07, 6.45) is 3.34. The van der Waals surface area contributed by atoms with Crippen molar-refractivity contribution in [1.29, 1.82) is 0 Å². The number of nitrogens with zero attached hydrogens (tertiary/aromatic N) is 6. The van der Waals surface area contributed by atoms with Gasteiger partial charge in [0.15, 0.2) is 17.1 Å². The van der Waals surface area contributed by atoms with E-state index in [-0.39, 0.29) is 11.2 Å². The second-order valence-electron chi connectivity index (χ2n) is 6.47. The minimum absolute atomic E-state index is 0.148. The maximum absolute atomic E-state index is 13.1.